The predicted octanol–water partition coefficient (Wildman–Crippen LogP) is 4.20. The first-order valence-corrected chi connectivity index (χ1v) is 7.18. The maximum absolute atomic E-state index is 12.6. The SMILES string of the molecule is CCCNC1CCCCCC1OC(C(F)(F)F)C(F)(F)F. The lowest BCUT2D eigenvalue weighted by atomic mass is 10.1. The van der Waals surface area contributed by atoms with Crippen LogP contribution < -0.4 is 5.32 Å². The third-order valence-corrected chi connectivity index (χ3v) is 3.51. The Balaban J connectivity index is 2.81. The van der Waals surface area contributed by atoms with E-state index < -0.39 is 30.6 Å². The number of ether oxygens (including phenoxy) is 1. The molecule has 2 unspecified atom stereocenters. The van der Waals surface area contributed by atoms with Crippen molar-refractivity contribution in [3.63, 3.8) is 0 Å². The van der Waals surface area contributed by atoms with Gasteiger partial charge in [-0.2, -0.15) is 26.3 Å². The van der Waals surface area contributed by atoms with Crippen LogP contribution in [0.25, 0.3) is 0 Å². The summed E-state index contributed by atoms with van der Waals surface area (Å²) in [7, 11) is 0. The zero-order chi connectivity index (χ0) is 16.1. The first kappa shape index (κ1) is 18.5. The number of nitrogens with one attached hydrogen (secondary N) is 1. The molecule has 0 saturated heterocycles. The molecule has 1 N–H and O–H groups in total. The third kappa shape index (κ3) is 6.02. The van der Waals surface area contributed by atoms with Crippen LogP contribution in [-0.2, 0) is 4.74 Å². The van der Waals surface area contributed by atoms with Crippen molar-refractivity contribution in [3.05, 3.63) is 0 Å². The molecule has 1 rings (SSSR count). The zero-order valence-corrected chi connectivity index (χ0v) is 11.9. The van der Waals surface area contributed by atoms with Crippen LogP contribution in [0.2, 0.25) is 0 Å². The van der Waals surface area contributed by atoms with E-state index in [9.17, 15) is 26.3 Å². The van der Waals surface area contributed by atoms with Crippen molar-refractivity contribution >= 4 is 0 Å². The number of alkyl halides is 6. The Kier molecular flexibility index (Phi) is 6.77. The molecule has 1 saturated carbocycles. The van der Waals surface area contributed by atoms with E-state index in [0.717, 1.165) is 19.3 Å². The molecule has 0 aromatic carbocycles. The molecular formula is C13H21F6NO. The number of hydrogen-bond donors (Lipinski definition) is 1. The van der Waals surface area contributed by atoms with Crippen molar-refractivity contribution < 1.29 is 31.1 Å². The Morgan fingerprint density at radius 2 is 1.57 bits per heavy atom. The summed E-state index contributed by atoms with van der Waals surface area (Å²) in [6.45, 7) is 2.43. The van der Waals surface area contributed by atoms with Gasteiger partial charge in [-0.15, -0.1) is 0 Å². The average Bonchev–Trinajstić information content (AvgIpc) is 2.55. The molecule has 0 aromatic rings. The number of halogens is 6. The van der Waals surface area contributed by atoms with Crippen LogP contribution in [0.5, 0.6) is 0 Å². The van der Waals surface area contributed by atoms with Gasteiger partial charge in [0.2, 0.25) is 6.10 Å². The number of rotatable bonds is 5. The van der Waals surface area contributed by atoms with Crippen molar-refractivity contribution in [1.29, 1.82) is 0 Å². The van der Waals surface area contributed by atoms with Gasteiger partial charge in [0.1, 0.15) is 0 Å². The standard InChI is InChI=1S/C13H21F6NO/c1-2-8-20-9-6-4-3-5-7-10(9)21-11(12(14,15)16)13(17,18)19/h9-11,20H,2-8H2,1H3. The fourth-order valence-corrected chi connectivity index (χ4v) is 2.51. The van der Waals surface area contributed by atoms with Gasteiger partial charge in [0.05, 0.1) is 6.10 Å². The Morgan fingerprint density at radius 3 is 2.10 bits per heavy atom. The van der Waals surface area contributed by atoms with Gasteiger partial charge in [-0.25, -0.2) is 0 Å². The summed E-state index contributed by atoms with van der Waals surface area (Å²) >= 11 is 0. The molecule has 126 valence electrons. The van der Waals surface area contributed by atoms with Crippen molar-refractivity contribution in [2.45, 2.75) is 76.1 Å². The maximum atomic E-state index is 12.6. The van der Waals surface area contributed by atoms with Crippen LogP contribution in [0.3, 0.4) is 0 Å². The van der Waals surface area contributed by atoms with Gasteiger partial charge in [-0.3, -0.25) is 0 Å². The van der Waals surface area contributed by atoms with E-state index in [4.69, 9.17) is 0 Å². The molecule has 0 radical (unpaired) electrons. The Bertz CT molecular complexity index is 290. The molecule has 21 heavy (non-hydrogen) atoms. The van der Waals surface area contributed by atoms with Crippen molar-refractivity contribution in [1.82, 2.24) is 5.32 Å². The van der Waals surface area contributed by atoms with Crippen LogP contribution in [0.1, 0.15) is 45.4 Å². The molecule has 1 aliphatic carbocycles. The van der Waals surface area contributed by atoms with Crippen LogP contribution >= 0.6 is 0 Å². The first-order valence-electron chi connectivity index (χ1n) is 7.18. The van der Waals surface area contributed by atoms with E-state index in [1.165, 1.54) is 0 Å². The summed E-state index contributed by atoms with van der Waals surface area (Å²) in [4.78, 5) is 0. The molecular weight excluding hydrogens is 300 g/mol. The largest absolute Gasteiger partial charge is 0.423 e. The summed E-state index contributed by atoms with van der Waals surface area (Å²) in [5.74, 6) is 0. The summed E-state index contributed by atoms with van der Waals surface area (Å²) < 4.78 is 80.0. The highest BCUT2D eigenvalue weighted by atomic mass is 19.4. The Labute approximate surface area is 120 Å². The highest BCUT2D eigenvalue weighted by Crippen LogP contribution is 2.38. The van der Waals surface area contributed by atoms with Gasteiger partial charge in [-0.1, -0.05) is 26.2 Å². The summed E-state index contributed by atoms with van der Waals surface area (Å²) in [5.41, 5.74) is 0. The molecule has 8 heteroatoms. The molecule has 2 nitrogen and oxygen atoms in total. The van der Waals surface area contributed by atoms with Crippen LogP contribution in [0, 0.1) is 0 Å². The fourth-order valence-electron chi connectivity index (χ4n) is 2.51. The lowest BCUT2D eigenvalue weighted by Crippen LogP contribution is -2.51. The van der Waals surface area contributed by atoms with Gasteiger partial charge in [-0.05, 0) is 25.8 Å². The smallest absolute Gasteiger partial charge is 0.356 e. The minimum Gasteiger partial charge on any atom is -0.356 e. The van der Waals surface area contributed by atoms with Crippen LogP contribution in [-0.4, -0.2) is 37.1 Å². The van der Waals surface area contributed by atoms with E-state index in [2.05, 4.69) is 10.1 Å². The monoisotopic (exact) mass is 321 g/mol. The summed E-state index contributed by atoms with van der Waals surface area (Å²) in [6, 6.07) is -0.459. The second-order valence-electron chi connectivity index (χ2n) is 5.34. The van der Waals surface area contributed by atoms with Gasteiger partial charge in [0.25, 0.3) is 0 Å². The minimum atomic E-state index is -5.44. The normalized spacial score (nSPS) is 25.1. The van der Waals surface area contributed by atoms with E-state index in [0.29, 0.717) is 19.4 Å². The highest BCUT2D eigenvalue weighted by Gasteiger charge is 2.59. The van der Waals surface area contributed by atoms with E-state index in [1.54, 1.807) is 0 Å². The molecule has 1 fully saturated rings. The van der Waals surface area contributed by atoms with Crippen LogP contribution in [0.15, 0.2) is 0 Å². The van der Waals surface area contributed by atoms with Gasteiger partial charge < -0.3 is 10.1 Å². The van der Waals surface area contributed by atoms with Crippen molar-refractivity contribution in [2.24, 2.45) is 0 Å². The lowest BCUT2D eigenvalue weighted by Gasteiger charge is -2.32. The molecule has 0 amide bonds. The van der Waals surface area contributed by atoms with Gasteiger partial charge in [0.15, 0.2) is 0 Å². The molecule has 0 heterocycles. The quantitative estimate of drug-likeness (QED) is 0.605. The highest BCUT2D eigenvalue weighted by molar-refractivity contribution is 4.85. The molecule has 1 aliphatic rings. The van der Waals surface area contributed by atoms with Crippen molar-refractivity contribution in [2.75, 3.05) is 6.54 Å². The van der Waals surface area contributed by atoms with E-state index in [1.807, 2.05) is 6.92 Å². The summed E-state index contributed by atoms with van der Waals surface area (Å²) in [6.07, 6.45) is -12.0. The van der Waals surface area contributed by atoms with Gasteiger partial charge in [0, 0.05) is 6.04 Å². The third-order valence-electron chi connectivity index (χ3n) is 3.51. The Hall–Kier alpha value is -0.500. The lowest BCUT2D eigenvalue weighted by molar-refractivity contribution is -0.332. The average molecular weight is 321 g/mol. The minimum absolute atomic E-state index is 0.212. The van der Waals surface area contributed by atoms with Crippen LogP contribution in [0.4, 0.5) is 26.3 Å². The second-order valence-corrected chi connectivity index (χ2v) is 5.34. The zero-order valence-electron chi connectivity index (χ0n) is 11.9. The molecule has 0 aliphatic heterocycles. The molecule has 2 atom stereocenters. The topological polar surface area (TPSA) is 21.3 Å². The van der Waals surface area contributed by atoms with Gasteiger partial charge >= 0.3 is 12.4 Å². The van der Waals surface area contributed by atoms with E-state index in [-0.39, 0.29) is 6.42 Å². The molecule has 0 bridgehead atoms. The first-order chi connectivity index (χ1) is 9.66. The number of hydrogen-bond acceptors (Lipinski definition) is 2. The molecule has 0 aromatic heterocycles. The summed E-state index contributed by atoms with van der Waals surface area (Å²) in [5, 5.41) is 3.01. The van der Waals surface area contributed by atoms with Crippen molar-refractivity contribution in [3.8, 4) is 0 Å². The fraction of sp³-hybridized carbons (Fsp3) is 1.00. The maximum Gasteiger partial charge on any atom is 0.423 e. The predicted molar refractivity (Wildman–Crippen MR) is 65.9 cm³/mol. The Morgan fingerprint density at radius 1 is 1.00 bits per heavy atom. The second kappa shape index (κ2) is 7.67. The van der Waals surface area contributed by atoms with E-state index >= 15 is 0 Å². The molecule has 0 spiro atoms.